The van der Waals surface area contributed by atoms with E-state index in [9.17, 15) is 8.42 Å². The van der Waals surface area contributed by atoms with Crippen LogP contribution in [0.25, 0.3) is 0 Å². The van der Waals surface area contributed by atoms with E-state index in [1.54, 1.807) is 6.07 Å². The highest BCUT2D eigenvalue weighted by Gasteiger charge is 2.18. The van der Waals surface area contributed by atoms with Crippen molar-refractivity contribution in [3.05, 3.63) is 18.2 Å². The third-order valence-corrected chi connectivity index (χ3v) is 3.59. The molecule has 1 aromatic carbocycles. The molecule has 90 valence electrons. The van der Waals surface area contributed by atoms with Gasteiger partial charge in [-0.15, -0.1) is 6.42 Å². The highest BCUT2D eigenvalue weighted by molar-refractivity contribution is 7.89. The molecule has 0 radical (unpaired) electrons. The van der Waals surface area contributed by atoms with Gasteiger partial charge in [-0.1, -0.05) is 5.92 Å². The van der Waals surface area contributed by atoms with Crippen LogP contribution in [0.1, 0.15) is 0 Å². The topological polar surface area (TPSA) is 64.6 Å². The zero-order valence-corrected chi connectivity index (χ0v) is 9.79. The normalized spacial score (nSPS) is 14.1. The van der Waals surface area contributed by atoms with E-state index in [0.717, 1.165) is 0 Å². The Morgan fingerprint density at radius 1 is 1.29 bits per heavy atom. The number of sulfonamides is 1. The summed E-state index contributed by atoms with van der Waals surface area (Å²) >= 11 is 0. The SMILES string of the molecule is C#CCNS(=O)(=O)c1ccc2c(c1)OCCO2. The summed E-state index contributed by atoms with van der Waals surface area (Å²) in [4.78, 5) is 0.108. The molecule has 6 heteroatoms. The van der Waals surface area contributed by atoms with Crippen LogP contribution in [0.5, 0.6) is 11.5 Å². The molecule has 1 N–H and O–H groups in total. The minimum atomic E-state index is -3.58. The summed E-state index contributed by atoms with van der Waals surface area (Å²) in [7, 11) is -3.58. The van der Waals surface area contributed by atoms with Crippen LogP contribution < -0.4 is 14.2 Å². The first-order valence-corrected chi connectivity index (χ1v) is 6.44. The van der Waals surface area contributed by atoms with E-state index in [2.05, 4.69) is 10.6 Å². The molecule has 1 aliphatic rings. The van der Waals surface area contributed by atoms with Crippen LogP contribution in [0.15, 0.2) is 23.1 Å². The van der Waals surface area contributed by atoms with Crippen LogP contribution >= 0.6 is 0 Å². The van der Waals surface area contributed by atoms with Gasteiger partial charge in [0.1, 0.15) is 13.2 Å². The van der Waals surface area contributed by atoms with Crippen molar-refractivity contribution in [2.45, 2.75) is 4.90 Å². The van der Waals surface area contributed by atoms with Crippen molar-refractivity contribution in [3.63, 3.8) is 0 Å². The van der Waals surface area contributed by atoms with E-state index >= 15 is 0 Å². The maximum Gasteiger partial charge on any atom is 0.241 e. The fourth-order valence-corrected chi connectivity index (χ4v) is 2.36. The number of fused-ring (bicyclic) bond motifs is 1. The van der Waals surface area contributed by atoms with Crippen molar-refractivity contribution in [1.82, 2.24) is 4.72 Å². The van der Waals surface area contributed by atoms with Gasteiger partial charge in [-0.2, -0.15) is 4.72 Å². The van der Waals surface area contributed by atoms with Gasteiger partial charge in [-0.05, 0) is 12.1 Å². The summed E-state index contributed by atoms with van der Waals surface area (Å²) in [5, 5.41) is 0. The summed E-state index contributed by atoms with van der Waals surface area (Å²) in [5.74, 6) is 3.19. The monoisotopic (exact) mass is 253 g/mol. The van der Waals surface area contributed by atoms with Gasteiger partial charge in [0.2, 0.25) is 10.0 Å². The molecule has 2 rings (SSSR count). The Morgan fingerprint density at radius 3 is 2.71 bits per heavy atom. The number of benzene rings is 1. The highest BCUT2D eigenvalue weighted by Crippen LogP contribution is 2.31. The third-order valence-electron chi connectivity index (χ3n) is 2.19. The van der Waals surface area contributed by atoms with E-state index < -0.39 is 10.0 Å². The highest BCUT2D eigenvalue weighted by atomic mass is 32.2. The third kappa shape index (κ3) is 2.52. The Morgan fingerprint density at radius 2 is 2.00 bits per heavy atom. The van der Waals surface area contributed by atoms with Crippen molar-refractivity contribution in [2.75, 3.05) is 19.8 Å². The zero-order chi connectivity index (χ0) is 12.3. The Hall–Kier alpha value is -1.71. The molecule has 0 atom stereocenters. The minimum absolute atomic E-state index is 0.0449. The quantitative estimate of drug-likeness (QED) is 0.790. The molecule has 0 bridgehead atoms. The average Bonchev–Trinajstić information content (AvgIpc) is 2.36. The molecule has 0 saturated carbocycles. The largest absolute Gasteiger partial charge is 0.486 e. The second kappa shape index (κ2) is 4.65. The number of hydrogen-bond acceptors (Lipinski definition) is 4. The summed E-state index contributed by atoms with van der Waals surface area (Å²) in [6, 6.07) is 4.44. The van der Waals surface area contributed by atoms with E-state index in [1.807, 2.05) is 0 Å². The lowest BCUT2D eigenvalue weighted by molar-refractivity contribution is 0.171. The average molecular weight is 253 g/mol. The molecule has 5 nitrogen and oxygen atoms in total. The first-order chi connectivity index (χ1) is 8.13. The number of nitrogens with one attached hydrogen (secondary N) is 1. The first kappa shape index (κ1) is 11.8. The van der Waals surface area contributed by atoms with E-state index in [0.29, 0.717) is 24.7 Å². The molecule has 0 unspecified atom stereocenters. The Kier molecular flexibility index (Phi) is 3.22. The maximum atomic E-state index is 11.8. The van der Waals surface area contributed by atoms with Gasteiger partial charge in [-0.3, -0.25) is 0 Å². The lowest BCUT2D eigenvalue weighted by atomic mass is 10.3. The smallest absolute Gasteiger partial charge is 0.241 e. The van der Waals surface area contributed by atoms with Crippen molar-refractivity contribution in [1.29, 1.82) is 0 Å². The van der Waals surface area contributed by atoms with Gasteiger partial charge >= 0.3 is 0 Å². The molecule has 17 heavy (non-hydrogen) atoms. The molecular formula is C11H11NO4S. The predicted octanol–water partition coefficient (Wildman–Crippen LogP) is 0.369. The van der Waals surface area contributed by atoms with Gasteiger partial charge in [-0.25, -0.2) is 8.42 Å². The second-order valence-corrected chi connectivity index (χ2v) is 5.10. The van der Waals surface area contributed by atoms with Crippen molar-refractivity contribution < 1.29 is 17.9 Å². The fourth-order valence-electron chi connectivity index (χ4n) is 1.41. The molecular weight excluding hydrogens is 242 g/mol. The van der Waals surface area contributed by atoms with Crippen LogP contribution in [-0.4, -0.2) is 28.2 Å². The van der Waals surface area contributed by atoms with Crippen LogP contribution in [0, 0.1) is 12.3 Å². The molecule has 1 heterocycles. The van der Waals surface area contributed by atoms with Gasteiger partial charge in [0, 0.05) is 6.07 Å². The predicted molar refractivity (Wildman–Crippen MR) is 61.5 cm³/mol. The molecule has 1 aromatic rings. The van der Waals surface area contributed by atoms with Crippen molar-refractivity contribution >= 4 is 10.0 Å². The lowest BCUT2D eigenvalue weighted by Crippen LogP contribution is -2.24. The van der Waals surface area contributed by atoms with Crippen molar-refractivity contribution in [2.24, 2.45) is 0 Å². The number of ether oxygens (including phenoxy) is 2. The summed E-state index contributed by atoms with van der Waals surface area (Å²) in [6.45, 7) is 0.833. The fraction of sp³-hybridized carbons (Fsp3) is 0.273. The maximum absolute atomic E-state index is 11.8. The number of hydrogen-bond donors (Lipinski definition) is 1. The molecule has 0 saturated heterocycles. The molecule has 0 aromatic heterocycles. The van der Waals surface area contributed by atoms with Gasteiger partial charge < -0.3 is 9.47 Å². The summed E-state index contributed by atoms with van der Waals surface area (Å²) < 4.78 is 36.4. The van der Waals surface area contributed by atoms with E-state index in [-0.39, 0.29) is 11.4 Å². The lowest BCUT2D eigenvalue weighted by Gasteiger charge is -2.18. The first-order valence-electron chi connectivity index (χ1n) is 4.96. The van der Waals surface area contributed by atoms with Crippen molar-refractivity contribution in [3.8, 4) is 23.8 Å². The van der Waals surface area contributed by atoms with E-state index in [4.69, 9.17) is 15.9 Å². The molecule has 0 aliphatic carbocycles. The number of rotatable bonds is 3. The number of terminal acetylenes is 1. The van der Waals surface area contributed by atoms with Gasteiger partial charge in [0.25, 0.3) is 0 Å². The molecule has 0 spiro atoms. The van der Waals surface area contributed by atoms with Crippen LogP contribution in [0.2, 0.25) is 0 Å². The molecule has 0 fully saturated rings. The van der Waals surface area contributed by atoms with Crippen LogP contribution in [0.4, 0.5) is 0 Å². The van der Waals surface area contributed by atoms with Gasteiger partial charge in [0.15, 0.2) is 11.5 Å². The van der Waals surface area contributed by atoms with Gasteiger partial charge in [0.05, 0.1) is 11.4 Å². The Bertz CT molecular complexity index is 559. The Balaban J connectivity index is 2.31. The summed E-state index contributed by atoms with van der Waals surface area (Å²) in [5.41, 5.74) is 0. The summed E-state index contributed by atoms with van der Waals surface area (Å²) in [6.07, 6.45) is 5.00. The standard InChI is InChI=1S/C11H11NO4S/c1-2-5-12-17(13,14)9-3-4-10-11(8-9)16-7-6-15-10/h1,3-4,8,12H,5-7H2. The zero-order valence-electron chi connectivity index (χ0n) is 8.97. The van der Waals surface area contributed by atoms with Crippen LogP contribution in [-0.2, 0) is 10.0 Å². The molecule has 0 amide bonds. The second-order valence-electron chi connectivity index (χ2n) is 3.33. The minimum Gasteiger partial charge on any atom is -0.486 e. The molecule has 1 aliphatic heterocycles. The van der Waals surface area contributed by atoms with Crippen LogP contribution in [0.3, 0.4) is 0 Å². The van der Waals surface area contributed by atoms with E-state index in [1.165, 1.54) is 12.1 Å². The Labute approximate surface area is 99.8 Å².